The summed E-state index contributed by atoms with van der Waals surface area (Å²) in [6, 6.07) is 0. The van der Waals surface area contributed by atoms with Gasteiger partial charge in [0.05, 0.1) is 6.61 Å². The molecule has 0 spiro atoms. The number of hydrogen-bond acceptors (Lipinski definition) is 3. The molecule has 0 aromatic rings. The Morgan fingerprint density at radius 1 is 1.06 bits per heavy atom. The van der Waals surface area contributed by atoms with Crippen LogP contribution in [0, 0.1) is 0 Å². The van der Waals surface area contributed by atoms with Gasteiger partial charge < -0.3 is 14.5 Å². The molecule has 5 heteroatoms. The van der Waals surface area contributed by atoms with Crippen LogP contribution in [0.1, 0.15) is 33.1 Å². The Kier molecular flexibility index (Phi) is 5.80. The Hall–Kier alpha value is -1.26. The molecule has 98 valence electrons. The third-order valence-electron chi connectivity index (χ3n) is 2.84. The first-order valence-corrected chi connectivity index (χ1v) is 6.38. The first kappa shape index (κ1) is 13.8. The molecule has 0 unspecified atom stereocenters. The van der Waals surface area contributed by atoms with Crippen LogP contribution in [0.3, 0.4) is 0 Å². The highest BCUT2D eigenvalue weighted by Gasteiger charge is 2.21. The minimum atomic E-state index is -0.266. The highest BCUT2D eigenvalue weighted by molar-refractivity contribution is 5.76. The third kappa shape index (κ3) is 4.24. The molecule has 1 heterocycles. The monoisotopic (exact) mass is 242 g/mol. The first-order valence-electron chi connectivity index (χ1n) is 6.38. The minimum Gasteiger partial charge on any atom is -0.450 e. The van der Waals surface area contributed by atoms with E-state index in [4.69, 9.17) is 4.74 Å². The van der Waals surface area contributed by atoms with Crippen molar-refractivity contribution in [3.63, 3.8) is 0 Å². The van der Waals surface area contributed by atoms with E-state index in [2.05, 4.69) is 0 Å². The molecule has 1 fully saturated rings. The molecular formula is C12H22N2O3. The maximum atomic E-state index is 11.7. The maximum absolute atomic E-state index is 11.7. The zero-order valence-electron chi connectivity index (χ0n) is 10.8. The van der Waals surface area contributed by atoms with Gasteiger partial charge in [-0.15, -0.1) is 0 Å². The van der Waals surface area contributed by atoms with Crippen LogP contribution in [0.4, 0.5) is 4.79 Å². The Bertz CT molecular complexity index is 242. The Morgan fingerprint density at radius 3 is 2.35 bits per heavy atom. The van der Waals surface area contributed by atoms with Crippen molar-refractivity contribution in [3.05, 3.63) is 0 Å². The molecule has 1 aliphatic heterocycles. The summed E-state index contributed by atoms with van der Waals surface area (Å²) in [7, 11) is 0. The standard InChI is InChI=1S/C12H22N2O3/c1-3-6-11(15)13-7-5-8-14(10-9-13)12(16)17-4-2/h3-10H2,1-2H3. The van der Waals surface area contributed by atoms with Crippen LogP contribution in [-0.2, 0) is 9.53 Å². The summed E-state index contributed by atoms with van der Waals surface area (Å²) in [6.45, 7) is 6.82. The zero-order chi connectivity index (χ0) is 12.7. The molecule has 5 nitrogen and oxygen atoms in total. The molecular weight excluding hydrogens is 220 g/mol. The second-order valence-corrected chi connectivity index (χ2v) is 4.17. The molecule has 1 aliphatic rings. The van der Waals surface area contributed by atoms with Crippen molar-refractivity contribution in [2.75, 3.05) is 32.8 Å². The summed E-state index contributed by atoms with van der Waals surface area (Å²) in [6.07, 6.45) is 2.03. The smallest absolute Gasteiger partial charge is 0.409 e. The van der Waals surface area contributed by atoms with Gasteiger partial charge in [-0.3, -0.25) is 4.79 Å². The highest BCUT2D eigenvalue weighted by atomic mass is 16.6. The van der Waals surface area contributed by atoms with E-state index in [1.165, 1.54) is 0 Å². The summed E-state index contributed by atoms with van der Waals surface area (Å²) >= 11 is 0. The first-order chi connectivity index (χ1) is 8.19. The topological polar surface area (TPSA) is 49.9 Å². The summed E-state index contributed by atoms with van der Waals surface area (Å²) in [5.74, 6) is 0.193. The largest absolute Gasteiger partial charge is 0.450 e. The summed E-state index contributed by atoms with van der Waals surface area (Å²) in [5, 5.41) is 0. The molecule has 0 radical (unpaired) electrons. The lowest BCUT2D eigenvalue weighted by Crippen LogP contribution is -2.37. The van der Waals surface area contributed by atoms with Crippen LogP contribution in [0.2, 0.25) is 0 Å². The van der Waals surface area contributed by atoms with Gasteiger partial charge >= 0.3 is 6.09 Å². The van der Waals surface area contributed by atoms with E-state index in [-0.39, 0.29) is 12.0 Å². The molecule has 17 heavy (non-hydrogen) atoms. The van der Waals surface area contributed by atoms with Gasteiger partial charge in [0.1, 0.15) is 0 Å². The van der Waals surface area contributed by atoms with Gasteiger partial charge in [0.15, 0.2) is 0 Å². The quantitative estimate of drug-likeness (QED) is 0.753. The maximum Gasteiger partial charge on any atom is 0.409 e. The average Bonchev–Trinajstić information content (AvgIpc) is 2.55. The number of carbonyl (C=O) groups excluding carboxylic acids is 2. The Balaban J connectivity index is 2.44. The SMILES string of the molecule is CCCC(=O)N1CCCN(C(=O)OCC)CC1. The van der Waals surface area contributed by atoms with Crippen LogP contribution >= 0.6 is 0 Å². The van der Waals surface area contributed by atoms with E-state index in [0.29, 0.717) is 32.7 Å². The third-order valence-corrected chi connectivity index (χ3v) is 2.84. The average molecular weight is 242 g/mol. The van der Waals surface area contributed by atoms with Crippen molar-refractivity contribution in [2.24, 2.45) is 0 Å². The number of amides is 2. The number of ether oxygens (including phenoxy) is 1. The fourth-order valence-corrected chi connectivity index (χ4v) is 1.94. The molecule has 0 atom stereocenters. The lowest BCUT2D eigenvalue weighted by Gasteiger charge is -2.21. The van der Waals surface area contributed by atoms with Crippen molar-refractivity contribution in [3.8, 4) is 0 Å². The van der Waals surface area contributed by atoms with Crippen LogP contribution in [0.15, 0.2) is 0 Å². The molecule has 0 aromatic carbocycles. The van der Waals surface area contributed by atoms with E-state index in [1.807, 2.05) is 11.8 Å². The predicted octanol–water partition coefficient (Wildman–Crippen LogP) is 1.48. The lowest BCUT2D eigenvalue weighted by molar-refractivity contribution is -0.131. The van der Waals surface area contributed by atoms with Crippen molar-refractivity contribution >= 4 is 12.0 Å². The normalized spacial score (nSPS) is 16.6. The fraction of sp³-hybridized carbons (Fsp3) is 0.833. The van der Waals surface area contributed by atoms with E-state index in [1.54, 1.807) is 11.8 Å². The summed E-state index contributed by atoms with van der Waals surface area (Å²) < 4.78 is 4.96. The van der Waals surface area contributed by atoms with Gasteiger partial charge in [-0.1, -0.05) is 6.92 Å². The van der Waals surface area contributed by atoms with Crippen LogP contribution < -0.4 is 0 Å². The van der Waals surface area contributed by atoms with Crippen molar-refractivity contribution in [2.45, 2.75) is 33.1 Å². The van der Waals surface area contributed by atoms with Crippen LogP contribution in [-0.4, -0.2) is 54.6 Å². The number of nitrogens with zero attached hydrogens (tertiary/aromatic N) is 2. The van der Waals surface area contributed by atoms with E-state index >= 15 is 0 Å². The van der Waals surface area contributed by atoms with Gasteiger partial charge in [-0.05, 0) is 19.8 Å². The molecule has 0 aromatic heterocycles. The lowest BCUT2D eigenvalue weighted by atomic mass is 10.3. The Morgan fingerprint density at radius 2 is 1.71 bits per heavy atom. The number of hydrogen-bond donors (Lipinski definition) is 0. The summed E-state index contributed by atoms with van der Waals surface area (Å²) in [4.78, 5) is 26.8. The van der Waals surface area contributed by atoms with Crippen LogP contribution in [0.5, 0.6) is 0 Å². The number of rotatable bonds is 3. The second-order valence-electron chi connectivity index (χ2n) is 4.17. The molecule has 2 amide bonds. The van der Waals surface area contributed by atoms with Gasteiger partial charge in [0, 0.05) is 32.6 Å². The predicted molar refractivity (Wildman–Crippen MR) is 64.7 cm³/mol. The Labute approximate surface area is 103 Å². The van der Waals surface area contributed by atoms with Crippen molar-refractivity contribution in [1.29, 1.82) is 0 Å². The van der Waals surface area contributed by atoms with Gasteiger partial charge in [0.2, 0.25) is 5.91 Å². The number of carbonyl (C=O) groups is 2. The van der Waals surface area contributed by atoms with Gasteiger partial charge in [-0.25, -0.2) is 4.79 Å². The van der Waals surface area contributed by atoms with Gasteiger partial charge in [-0.2, -0.15) is 0 Å². The van der Waals surface area contributed by atoms with Crippen molar-refractivity contribution < 1.29 is 14.3 Å². The molecule has 0 N–H and O–H groups in total. The van der Waals surface area contributed by atoms with Crippen molar-refractivity contribution in [1.82, 2.24) is 9.80 Å². The van der Waals surface area contributed by atoms with Gasteiger partial charge in [0.25, 0.3) is 0 Å². The highest BCUT2D eigenvalue weighted by Crippen LogP contribution is 2.07. The molecule has 1 rings (SSSR count). The van der Waals surface area contributed by atoms with E-state index < -0.39 is 0 Å². The second kappa shape index (κ2) is 7.14. The van der Waals surface area contributed by atoms with E-state index in [0.717, 1.165) is 19.4 Å². The van der Waals surface area contributed by atoms with Crippen LogP contribution in [0.25, 0.3) is 0 Å². The molecule has 0 aliphatic carbocycles. The molecule has 0 saturated carbocycles. The molecule has 0 bridgehead atoms. The minimum absolute atomic E-state index is 0.193. The zero-order valence-corrected chi connectivity index (χ0v) is 10.8. The van der Waals surface area contributed by atoms with E-state index in [9.17, 15) is 9.59 Å². The molecule has 1 saturated heterocycles. The summed E-state index contributed by atoms with van der Waals surface area (Å²) in [5.41, 5.74) is 0. The fourth-order valence-electron chi connectivity index (χ4n) is 1.94.